The summed E-state index contributed by atoms with van der Waals surface area (Å²) in [5, 5.41) is 9.00. The predicted octanol–water partition coefficient (Wildman–Crippen LogP) is 2.89. The molecule has 17 heavy (non-hydrogen) atoms. The molecule has 0 N–H and O–H groups in total. The number of rotatable bonds is 1. The van der Waals surface area contributed by atoms with Crippen LogP contribution in [0.25, 0.3) is 0 Å². The van der Waals surface area contributed by atoms with Gasteiger partial charge in [-0.3, -0.25) is 4.79 Å². The van der Waals surface area contributed by atoms with Crippen LogP contribution >= 0.6 is 15.9 Å². The van der Waals surface area contributed by atoms with Crippen molar-refractivity contribution in [3.05, 3.63) is 33.8 Å². The number of nitrogens with zero attached hydrogens (tertiary/aromatic N) is 2. The Labute approximate surface area is 109 Å². The SMILES string of the molecule is Cc1ccc(Br)c(C(=O)N2CCCC2C#N)c1. The summed E-state index contributed by atoms with van der Waals surface area (Å²) >= 11 is 3.39. The average Bonchev–Trinajstić information content (AvgIpc) is 2.79. The minimum Gasteiger partial charge on any atom is -0.323 e. The Hall–Kier alpha value is -1.34. The Morgan fingerprint density at radius 3 is 3.06 bits per heavy atom. The van der Waals surface area contributed by atoms with E-state index in [1.807, 2.05) is 25.1 Å². The maximum atomic E-state index is 12.3. The molecule has 0 aromatic heterocycles. The quantitative estimate of drug-likeness (QED) is 0.799. The molecule has 1 aromatic rings. The van der Waals surface area contributed by atoms with Crippen molar-refractivity contribution in [2.24, 2.45) is 0 Å². The summed E-state index contributed by atoms with van der Waals surface area (Å²) in [6, 6.07) is 7.61. The summed E-state index contributed by atoms with van der Waals surface area (Å²) in [5.41, 5.74) is 1.69. The number of hydrogen-bond donors (Lipinski definition) is 0. The first kappa shape index (κ1) is 12.1. The van der Waals surface area contributed by atoms with Gasteiger partial charge in [0.05, 0.1) is 11.6 Å². The highest BCUT2D eigenvalue weighted by Gasteiger charge is 2.30. The monoisotopic (exact) mass is 292 g/mol. The molecule has 3 nitrogen and oxygen atoms in total. The number of nitriles is 1. The third-order valence-corrected chi connectivity index (χ3v) is 3.71. The normalized spacial score (nSPS) is 19.1. The molecule has 1 aromatic carbocycles. The van der Waals surface area contributed by atoms with Gasteiger partial charge in [-0.2, -0.15) is 5.26 Å². The molecule has 0 bridgehead atoms. The lowest BCUT2D eigenvalue weighted by molar-refractivity contribution is 0.0764. The number of hydrogen-bond acceptors (Lipinski definition) is 2. The number of halogens is 1. The Balaban J connectivity index is 2.31. The standard InChI is InChI=1S/C13H13BrN2O/c1-9-4-5-12(14)11(7-9)13(17)16-6-2-3-10(16)8-15/h4-5,7,10H,2-3,6H2,1H3. The molecular formula is C13H13BrN2O. The van der Waals surface area contributed by atoms with Crippen LogP contribution in [0.3, 0.4) is 0 Å². The maximum absolute atomic E-state index is 12.3. The molecule has 1 saturated heterocycles. The largest absolute Gasteiger partial charge is 0.323 e. The molecule has 1 heterocycles. The summed E-state index contributed by atoms with van der Waals surface area (Å²) in [7, 11) is 0. The Bertz CT molecular complexity index is 493. The van der Waals surface area contributed by atoms with Crippen LogP contribution in [0.1, 0.15) is 28.8 Å². The van der Waals surface area contributed by atoms with Gasteiger partial charge in [0.2, 0.25) is 0 Å². The lowest BCUT2D eigenvalue weighted by Crippen LogP contribution is -2.34. The maximum Gasteiger partial charge on any atom is 0.256 e. The fourth-order valence-corrected chi connectivity index (χ4v) is 2.52. The summed E-state index contributed by atoms with van der Waals surface area (Å²) < 4.78 is 0.789. The number of likely N-dealkylation sites (tertiary alicyclic amines) is 1. The molecule has 1 fully saturated rings. The predicted molar refractivity (Wildman–Crippen MR) is 68.6 cm³/mol. The van der Waals surface area contributed by atoms with E-state index in [2.05, 4.69) is 22.0 Å². The van der Waals surface area contributed by atoms with Crippen molar-refractivity contribution < 1.29 is 4.79 Å². The van der Waals surface area contributed by atoms with Crippen LogP contribution in [0.4, 0.5) is 0 Å². The lowest BCUT2D eigenvalue weighted by Gasteiger charge is -2.20. The van der Waals surface area contributed by atoms with Crippen molar-refractivity contribution >= 4 is 21.8 Å². The first-order valence-electron chi connectivity index (χ1n) is 5.60. The highest BCUT2D eigenvalue weighted by atomic mass is 79.9. The van der Waals surface area contributed by atoms with Crippen LogP contribution in [0.2, 0.25) is 0 Å². The van der Waals surface area contributed by atoms with Gasteiger partial charge in [-0.15, -0.1) is 0 Å². The molecule has 1 unspecified atom stereocenters. The van der Waals surface area contributed by atoms with Gasteiger partial charge >= 0.3 is 0 Å². The zero-order valence-corrected chi connectivity index (χ0v) is 11.2. The number of amides is 1. The molecule has 0 saturated carbocycles. The number of carbonyl (C=O) groups excluding carboxylic acids is 1. The Morgan fingerprint density at radius 2 is 2.35 bits per heavy atom. The molecular weight excluding hydrogens is 280 g/mol. The summed E-state index contributed by atoms with van der Waals surface area (Å²) in [5.74, 6) is -0.0513. The fourth-order valence-electron chi connectivity index (χ4n) is 2.10. The van der Waals surface area contributed by atoms with Gasteiger partial charge < -0.3 is 4.90 Å². The van der Waals surface area contributed by atoms with E-state index in [1.54, 1.807) is 4.90 Å². The fraction of sp³-hybridized carbons (Fsp3) is 0.385. The highest BCUT2D eigenvalue weighted by Crippen LogP contribution is 2.24. The van der Waals surface area contributed by atoms with Gasteiger partial charge in [0.15, 0.2) is 0 Å². The first-order chi connectivity index (χ1) is 8.13. The van der Waals surface area contributed by atoms with Gasteiger partial charge in [0, 0.05) is 11.0 Å². The number of benzene rings is 1. The third kappa shape index (κ3) is 2.34. The zero-order valence-electron chi connectivity index (χ0n) is 9.61. The summed E-state index contributed by atoms with van der Waals surface area (Å²) in [6.07, 6.45) is 1.69. The molecule has 4 heteroatoms. The molecule has 1 aliphatic heterocycles. The number of carbonyl (C=O) groups is 1. The number of aryl methyl sites for hydroxylation is 1. The minimum absolute atomic E-state index is 0.0513. The molecule has 0 radical (unpaired) electrons. The first-order valence-corrected chi connectivity index (χ1v) is 6.39. The van der Waals surface area contributed by atoms with Crippen molar-refractivity contribution in [2.75, 3.05) is 6.54 Å². The van der Waals surface area contributed by atoms with Crippen LogP contribution in [0, 0.1) is 18.3 Å². The second kappa shape index (κ2) is 4.89. The van der Waals surface area contributed by atoms with Gasteiger partial charge in [0.1, 0.15) is 6.04 Å². The molecule has 2 rings (SSSR count). The van der Waals surface area contributed by atoms with Crippen LogP contribution < -0.4 is 0 Å². The smallest absolute Gasteiger partial charge is 0.256 e. The van der Waals surface area contributed by atoms with Crippen molar-refractivity contribution in [2.45, 2.75) is 25.8 Å². The molecule has 1 atom stereocenters. The molecule has 0 aliphatic carbocycles. The molecule has 0 spiro atoms. The van der Waals surface area contributed by atoms with Crippen LogP contribution in [0.15, 0.2) is 22.7 Å². The summed E-state index contributed by atoms with van der Waals surface area (Å²) in [6.45, 7) is 2.63. The lowest BCUT2D eigenvalue weighted by atomic mass is 10.1. The van der Waals surface area contributed by atoms with Crippen LogP contribution in [-0.2, 0) is 0 Å². The van der Waals surface area contributed by atoms with E-state index in [9.17, 15) is 4.79 Å². The van der Waals surface area contributed by atoms with E-state index >= 15 is 0 Å². The molecule has 1 aliphatic rings. The highest BCUT2D eigenvalue weighted by molar-refractivity contribution is 9.10. The molecule has 1 amide bonds. The van der Waals surface area contributed by atoms with E-state index in [4.69, 9.17) is 5.26 Å². The van der Waals surface area contributed by atoms with Gasteiger partial charge in [-0.25, -0.2) is 0 Å². The van der Waals surface area contributed by atoms with Gasteiger partial charge in [-0.05, 0) is 47.8 Å². The minimum atomic E-state index is -0.269. The Kier molecular flexibility index (Phi) is 3.49. The van der Waals surface area contributed by atoms with Gasteiger partial charge in [0.25, 0.3) is 5.91 Å². The second-order valence-electron chi connectivity index (χ2n) is 4.27. The van der Waals surface area contributed by atoms with Crippen molar-refractivity contribution in [3.63, 3.8) is 0 Å². The van der Waals surface area contributed by atoms with E-state index in [0.29, 0.717) is 12.1 Å². The van der Waals surface area contributed by atoms with Gasteiger partial charge in [-0.1, -0.05) is 11.6 Å². The Morgan fingerprint density at radius 1 is 1.59 bits per heavy atom. The third-order valence-electron chi connectivity index (χ3n) is 3.01. The van der Waals surface area contributed by atoms with Crippen molar-refractivity contribution in [3.8, 4) is 6.07 Å². The van der Waals surface area contributed by atoms with Crippen molar-refractivity contribution in [1.82, 2.24) is 4.90 Å². The van der Waals surface area contributed by atoms with Crippen LogP contribution in [-0.4, -0.2) is 23.4 Å². The van der Waals surface area contributed by atoms with E-state index < -0.39 is 0 Å². The molecule has 88 valence electrons. The van der Waals surface area contributed by atoms with Crippen molar-refractivity contribution in [1.29, 1.82) is 5.26 Å². The van der Waals surface area contributed by atoms with Crippen LogP contribution in [0.5, 0.6) is 0 Å². The van der Waals surface area contributed by atoms with E-state index in [0.717, 1.165) is 22.9 Å². The second-order valence-corrected chi connectivity index (χ2v) is 5.12. The topological polar surface area (TPSA) is 44.1 Å². The van der Waals surface area contributed by atoms with E-state index in [1.165, 1.54) is 0 Å². The summed E-state index contributed by atoms with van der Waals surface area (Å²) in [4.78, 5) is 14.0. The zero-order chi connectivity index (χ0) is 12.4. The average molecular weight is 293 g/mol. The van der Waals surface area contributed by atoms with E-state index in [-0.39, 0.29) is 11.9 Å².